The zero-order chi connectivity index (χ0) is 21.3. The predicted octanol–water partition coefficient (Wildman–Crippen LogP) is 2.51. The van der Waals surface area contributed by atoms with E-state index in [1.807, 2.05) is 0 Å². The SMILES string of the molecule is [2H]C([2H])([2H])n1cnc(-c2cc(F)cc(Nc3cc(Cl)nnc3C(=O)O)c2OC)n1.[Zn]. The third-order valence-corrected chi connectivity index (χ3v) is 3.41. The van der Waals surface area contributed by atoms with Gasteiger partial charge >= 0.3 is 5.97 Å². The monoisotopic (exact) mass is 445 g/mol. The molecule has 0 spiro atoms. The normalized spacial score (nSPS) is 12.3. The molecule has 0 amide bonds. The molecule has 0 atom stereocenters. The number of carboxylic acids is 1. The summed E-state index contributed by atoms with van der Waals surface area (Å²) in [7, 11) is 1.29. The maximum absolute atomic E-state index is 14.3. The average molecular weight is 447 g/mol. The second-order valence-electron chi connectivity index (χ2n) is 4.91. The van der Waals surface area contributed by atoms with Gasteiger partial charge in [-0.25, -0.2) is 14.2 Å². The van der Waals surface area contributed by atoms with E-state index in [1.165, 1.54) is 13.2 Å². The molecule has 2 aromatic heterocycles. The van der Waals surface area contributed by atoms with Gasteiger partial charge in [-0.2, -0.15) is 5.10 Å². The molecule has 12 heteroatoms. The number of nitrogens with one attached hydrogen (secondary N) is 1. The topological polar surface area (TPSA) is 115 Å². The van der Waals surface area contributed by atoms with Gasteiger partial charge in [0.2, 0.25) is 0 Å². The van der Waals surface area contributed by atoms with Crippen LogP contribution in [-0.4, -0.2) is 43.1 Å². The van der Waals surface area contributed by atoms with Crippen molar-refractivity contribution in [3.63, 3.8) is 0 Å². The van der Waals surface area contributed by atoms with Crippen molar-refractivity contribution in [1.82, 2.24) is 25.0 Å². The molecule has 0 saturated heterocycles. The molecule has 0 saturated carbocycles. The van der Waals surface area contributed by atoms with E-state index in [0.717, 1.165) is 18.5 Å². The summed E-state index contributed by atoms with van der Waals surface area (Å²) >= 11 is 5.78. The summed E-state index contributed by atoms with van der Waals surface area (Å²) in [6.45, 7) is -2.57. The Morgan fingerprint density at radius 2 is 2.15 bits per heavy atom. The number of halogens is 2. The molecule has 2 heterocycles. The Kier molecular flexibility index (Phi) is 5.12. The minimum absolute atomic E-state index is 0. The van der Waals surface area contributed by atoms with Gasteiger partial charge in [0.15, 0.2) is 22.4 Å². The zero-order valence-corrected chi connectivity index (χ0v) is 17.5. The zero-order valence-electron chi connectivity index (χ0n) is 16.8. The number of aromatic nitrogens is 5. The fourth-order valence-electron chi connectivity index (χ4n) is 2.23. The van der Waals surface area contributed by atoms with Crippen LogP contribution in [0.2, 0.25) is 5.15 Å². The molecule has 0 aliphatic rings. The first-order chi connectivity index (χ1) is 13.6. The van der Waals surface area contributed by atoms with E-state index in [0.29, 0.717) is 4.68 Å². The quantitative estimate of drug-likeness (QED) is 0.574. The number of rotatable bonds is 5. The van der Waals surface area contributed by atoms with Crippen LogP contribution in [0.3, 0.4) is 0 Å². The van der Waals surface area contributed by atoms with Gasteiger partial charge in [0.1, 0.15) is 12.1 Å². The van der Waals surface area contributed by atoms with E-state index in [4.69, 9.17) is 20.5 Å². The smallest absolute Gasteiger partial charge is 0.358 e. The molecule has 0 aliphatic carbocycles. The fourth-order valence-corrected chi connectivity index (χ4v) is 2.37. The van der Waals surface area contributed by atoms with Gasteiger partial charge in [-0.05, 0) is 6.07 Å². The van der Waals surface area contributed by atoms with E-state index < -0.39 is 24.5 Å². The van der Waals surface area contributed by atoms with Gasteiger partial charge in [-0.15, -0.1) is 10.2 Å². The molecule has 27 heavy (non-hydrogen) atoms. The maximum atomic E-state index is 14.3. The third-order valence-electron chi connectivity index (χ3n) is 3.23. The van der Waals surface area contributed by atoms with Crippen LogP contribution in [0.15, 0.2) is 24.5 Å². The molecule has 0 aliphatic heterocycles. The second-order valence-corrected chi connectivity index (χ2v) is 5.29. The van der Waals surface area contributed by atoms with E-state index in [-0.39, 0.29) is 53.1 Å². The number of carbonyl (C=O) groups is 1. The first kappa shape index (κ1) is 16.5. The number of anilines is 2. The third kappa shape index (κ3) is 4.37. The molecule has 0 bridgehead atoms. The summed E-state index contributed by atoms with van der Waals surface area (Å²) in [5.74, 6) is -2.19. The van der Waals surface area contributed by atoms with Gasteiger partial charge in [0.05, 0.1) is 24.0 Å². The first-order valence-corrected chi connectivity index (χ1v) is 7.31. The number of ether oxygens (including phenoxy) is 1. The Morgan fingerprint density at radius 3 is 2.78 bits per heavy atom. The van der Waals surface area contributed by atoms with E-state index in [1.54, 1.807) is 0 Å². The largest absolute Gasteiger partial charge is 0.494 e. The van der Waals surface area contributed by atoms with Crippen LogP contribution >= 0.6 is 11.6 Å². The summed E-state index contributed by atoms with van der Waals surface area (Å²) in [4.78, 5) is 15.3. The minimum atomic E-state index is -2.57. The molecule has 0 unspecified atom stereocenters. The molecule has 3 rings (SSSR count). The average Bonchev–Trinajstić information content (AvgIpc) is 3.11. The Hall–Kier alpha value is -2.65. The summed E-state index contributed by atoms with van der Waals surface area (Å²) in [6.07, 6.45) is 0.981. The van der Waals surface area contributed by atoms with Crippen molar-refractivity contribution in [2.45, 2.75) is 0 Å². The first-order valence-electron chi connectivity index (χ1n) is 8.43. The molecule has 9 nitrogen and oxygen atoms in total. The number of aryl methyl sites for hydroxylation is 1. The molecular weight excluding hydrogens is 432 g/mol. The van der Waals surface area contributed by atoms with Crippen LogP contribution in [-0.2, 0) is 26.5 Å². The number of nitrogens with zero attached hydrogens (tertiary/aromatic N) is 5. The molecule has 136 valence electrons. The van der Waals surface area contributed by atoms with Crippen molar-refractivity contribution in [3.8, 4) is 17.1 Å². The number of carboxylic acid groups (broad SMARTS) is 1. The number of benzene rings is 1. The van der Waals surface area contributed by atoms with Crippen molar-refractivity contribution in [3.05, 3.63) is 41.2 Å². The molecule has 0 radical (unpaired) electrons. The Labute approximate surface area is 174 Å². The van der Waals surface area contributed by atoms with Gasteiger partial charge in [0.25, 0.3) is 0 Å². The van der Waals surface area contributed by atoms with E-state index in [2.05, 4.69) is 25.6 Å². The van der Waals surface area contributed by atoms with Gasteiger partial charge < -0.3 is 15.2 Å². The molecule has 3 aromatic rings. The number of hydrogen-bond donors (Lipinski definition) is 2. The van der Waals surface area contributed by atoms with Gasteiger partial charge in [-0.1, -0.05) is 11.6 Å². The Balaban J connectivity index is 0.00000320. The van der Waals surface area contributed by atoms with Crippen molar-refractivity contribution in [1.29, 1.82) is 0 Å². The van der Waals surface area contributed by atoms with Crippen LogP contribution in [0.4, 0.5) is 15.8 Å². The van der Waals surface area contributed by atoms with Crippen molar-refractivity contribution < 1.29 is 42.6 Å². The second kappa shape index (κ2) is 8.36. The van der Waals surface area contributed by atoms with Crippen molar-refractivity contribution >= 4 is 28.9 Å². The van der Waals surface area contributed by atoms with Crippen LogP contribution in [0.25, 0.3) is 11.4 Å². The minimum Gasteiger partial charge on any atom is -0.494 e. The van der Waals surface area contributed by atoms with Crippen LogP contribution < -0.4 is 10.1 Å². The number of aromatic carboxylic acids is 1. The van der Waals surface area contributed by atoms with Crippen LogP contribution in [0.5, 0.6) is 5.75 Å². The summed E-state index contributed by atoms with van der Waals surface area (Å²) in [6, 6.07) is 3.30. The van der Waals surface area contributed by atoms with Crippen molar-refractivity contribution in [2.24, 2.45) is 6.98 Å². The van der Waals surface area contributed by atoms with Gasteiger partial charge in [0, 0.05) is 42.7 Å². The number of hydrogen-bond acceptors (Lipinski definition) is 7. The predicted molar refractivity (Wildman–Crippen MR) is 90.2 cm³/mol. The standard InChI is InChI=1S/C15H12ClFN6O3.Zn/c1-23-6-18-14(22-23)8-3-7(17)4-10(13(8)26-2)19-9-5-11(16)20-21-12(9)15(24)25;/h3-6H,1-2H3,(H,19,20)(H,24,25);/i1D3;. The molecular formula is C15H12ClFN6O3Zn. The maximum Gasteiger partial charge on any atom is 0.358 e. The summed E-state index contributed by atoms with van der Waals surface area (Å²) < 4.78 is 42.3. The van der Waals surface area contributed by atoms with Gasteiger partial charge in [-0.3, -0.25) is 4.68 Å². The van der Waals surface area contributed by atoms with Crippen LogP contribution in [0, 0.1) is 5.82 Å². The van der Waals surface area contributed by atoms with E-state index in [9.17, 15) is 14.3 Å². The Bertz CT molecular complexity index is 1100. The molecule has 0 fully saturated rings. The summed E-state index contributed by atoms with van der Waals surface area (Å²) in [5, 5.41) is 22.7. The fraction of sp³-hybridized carbons (Fsp3) is 0.133. The summed E-state index contributed by atoms with van der Waals surface area (Å²) in [5.41, 5.74) is -0.456. The Morgan fingerprint density at radius 1 is 1.37 bits per heavy atom. The molecule has 2 N–H and O–H groups in total. The van der Waals surface area contributed by atoms with Crippen molar-refractivity contribution in [2.75, 3.05) is 12.4 Å². The number of methoxy groups -OCH3 is 1. The molecule has 1 aromatic carbocycles. The van der Waals surface area contributed by atoms with E-state index >= 15 is 0 Å². The van der Waals surface area contributed by atoms with Crippen LogP contribution in [0.1, 0.15) is 14.6 Å².